The number of rotatable bonds is 6. The first-order chi connectivity index (χ1) is 12.5. The molecule has 26 heavy (non-hydrogen) atoms. The Kier molecular flexibility index (Phi) is 5.46. The molecule has 0 aliphatic rings. The number of carbonyl (C=O) groups excluding carboxylic acids is 1. The van der Waals surface area contributed by atoms with E-state index in [-0.39, 0.29) is 12.4 Å². The zero-order valence-electron chi connectivity index (χ0n) is 14.6. The molecule has 0 saturated carbocycles. The molecule has 138 valence electrons. The second-order valence-electron chi connectivity index (χ2n) is 4.96. The van der Waals surface area contributed by atoms with Crippen molar-refractivity contribution in [3.8, 4) is 0 Å². The van der Waals surface area contributed by atoms with Crippen LogP contribution in [0.3, 0.4) is 0 Å². The number of carbonyl (C=O) groups is 1. The summed E-state index contributed by atoms with van der Waals surface area (Å²) in [5.74, 6) is 1.84. The van der Waals surface area contributed by atoms with Gasteiger partial charge in [0.25, 0.3) is 5.13 Å². The molecule has 1 N–H and O–H groups in total. The summed E-state index contributed by atoms with van der Waals surface area (Å²) in [6, 6.07) is 0. The van der Waals surface area contributed by atoms with Crippen LogP contribution < -0.4 is 4.90 Å². The summed E-state index contributed by atoms with van der Waals surface area (Å²) in [5, 5.41) is 25.3. The minimum absolute atomic E-state index is 0.256. The number of thioether (sulfide) groups is 1. The molecular weight excluding hydrogens is 378 g/mol. The van der Waals surface area contributed by atoms with Gasteiger partial charge in [-0.1, -0.05) is 30.0 Å². The van der Waals surface area contributed by atoms with Gasteiger partial charge in [-0.15, -0.1) is 35.3 Å². The molecule has 0 aliphatic heterocycles. The summed E-state index contributed by atoms with van der Waals surface area (Å²) >= 11 is 2.92. The largest absolute Gasteiger partial charge is 0.449 e. The van der Waals surface area contributed by atoms with E-state index in [2.05, 4.69) is 35.6 Å². The summed E-state index contributed by atoms with van der Waals surface area (Å²) in [7, 11) is 1.55. The highest BCUT2D eigenvalue weighted by Crippen LogP contribution is 2.34. The van der Waals surface area contributed by atoms with Crippen molar-refractivity contribution in [1.29, 1.82) is 0 Å². The lowest BCUT2D eigenvalue weighted by Crippen LogP contribution is -2.27. The Labute approximate surface area is 156 Å². The van der Waals surface area contributed by atoms with E-state index in [1.165, 1.54) is 20.9 Å². The Bertz CT molecular complexity index is 945. The first kappa shape index (κ1) is 18.3. The number of nitrogens with one attached hydrogen (secondary N) is 1. The number of ether oxygens (including phenoxy) is 1. The molecule has 13 heteroatoms. The Hall–Kier alpha value is -2.54. The van der Waals surface area contributed by atoms with Crippen LogP contribution in [0.1, 0.15) is 19.7 Å². The van der Waals surface area contributed by atoms with Crippen molar-refractivity contribution in [2.45, 2.75) is 25.1 Å². The number of aryl methyl sites for hydroxylation is 1. The number of azo groups is 1. The van der Waals surface area contributed by atoms with Crippen molar-refractivity contribution in [3.05, 3.63) is 5.82 Å². The summed E-state index contributed by atoms with van der Waals surface area (Å²) in [6.07, 6.45) is -0.543. The number of H-pyrrole nitrogens is 1. The highest BCUT2D eigenvalue weighted by Gasteiger charge is 2.24. The SMILES string of the molecule is CCOC(=O)N(C)c1nn2nc(C)[nH]c2c1/N=N/c1nnc(SCC)s1. The monoisotopic (exact) mass is 395 g/mol. The fourth-order valence-electron chi connectivity index (χ4n) is 2.05. The fraction of sp³-hybridized carbons (Fsp3) is 0.462. The van der Waals surface area contributed by atoms with Crippen LogP contribution in [-0.4, -0.2) is 55.5 Å². The van der Waals surface area contributed by atoms with E-state index >= 15 is 0 Å². The third-order valence-corrected chi connectivity index (χ3v) is 4.95. The molecule has 0 aromatic carbocycles. The van der Waals surface area contributed by atoms with Crippen LogP contribution in [0.4, 0.5) is 21.4 Å². The molecule has 3 heterocycles. The molecule has 0 aliphatic carbocycles. The topological polar surface area (TPSA) is 126 Å². The number of amides is 1. The molecule has 1 amide bonds. The maximum Gasteiger partial charge on any atom is 0.415 e. The Morgan fingerprint density at radius 2 is 2.15 bits per heavy atom. The second kappa shape index (κ2) is 7.78. The van der Waals surface area contributed by atoms with Gasteiger partial charge in [-0.3, -0.25) is 4.90 Å². The number of nitrogens with zero attached hydrogens (tertiary/aromatic N) is 8. The summed E-state index contributed by atoms with van der Waals surface area (Å²) in [5.41, 5.74) is 0.881. The van der Waals surface area contributed by atoms with Gasteiger partial charge in [0.2, 0.25) is 0 Å². The van der Waals surface area contributed by atoms with Gasteiger partial charge in [0.05, 0.1) is 6.61 Å². The number of fused-ring (bicyclic) bond motifs is 1. The molecule has 0 spiro atoms. The van der Waals surface area contributed by atoms with Crippen LogP contribution in [0.15, 0.2) is 14.6 Å². The molecule has 11 nitrogen and oxygen atoms in total. The molecule has 0 radical (unpaired) electrons. The van der Waals surface area contributed by atoms with Crippen LogP contribution >= 0.6 is 23.1 Å². The molecule has 0 bridgehead atoms. The van der Waals surface area contributed by atoms with E-state index in [9.17, 15) is 4.79 Å². The van der Waals surface area contributed by atoms with E-state index in [0.717, 1.165) is 10.1 Å². The predicted octanol–water partition coefficient (Wildman–Crippen LogP) is 3.34. The van der Waals surface area contributed by atoms with Gasteiger partial charge < -0.3 is 9.72 Å². The average molecular weight is 395 g/mol. The van der Waals surface area contributed by atoms with E-state index in [4.69, 9.17) is 4.74 Å². The highest BCUT2D eigenvalue weighted by molar-refractivity contribution is 8.01. The Morgan fingerprint density at radius 1 is 1.35 bits per heavy atom. The lowest BCUT2D eigenvalue weighted by atomic mass is 10.4. The van der Waals surface area contributed by atoms with Gasteiger partial charge in [0.1, 0.15) is 5.82 Å². The van der Waals surface area contributed by atoms with Crippen molar-refractivity contribution in [1.82, 2.24) is 30.0 Å². The normalized spacial score (nSPS) is 11.5. The third kappa shape index (κ3) is 3.67. The number of hydrogen-bond donors (Lipinski definition) is 1. The molecule has 0 atom stereocenters. The lowest BCUT2D eigenvalue weighted by molar-refractivity contribution is 0.161. The Balaban J connectivity index is 1.97. The molecule has 0 unspecified atom stereocenters. The van der Waals surface area contributed by atoms with Gasteiger partial charge in [0.15, 0.2) is 21.5 Å². The van der Waals surface area contributed by atoms with Gasteiger partial charge >= 0.3 is 6.09 Å². The van der Waals surface area contributed by atoms with Crippen molar-refractivity contribution in [3.63, 3.8) is 0 Å². The van der Waals surface area contributed by atoms with Crippen molar-refractivity contribution >= 4 is 51.5 Å². The standard InChI is InChI=1S/C13H17N9O2S2/c1-5-24-13(23)21(4)10-8(9-14-7(3)19-22(9)20-10)15-16-11-17-18-12(26-11)25-6-2/h5-6H2,1-4H3,(H,14,19)/b16-15+. The molecule has 0 fully saturated rings. The minimum atomic E-state index is -0.543. The maximum absolute atomic E-state index is 12.0. The van der Waals surface area contributed by atoms with E-state index in [1.807, 2.05) is 6.92 Å². The zero-order valence-corrected chi connectivity index (χ0v) is 16.3. The van der Waals surface area contributed by atoms with Crippen LogP contribution in [0, 0.1) is 6.92 Å². The Morgan fingerprint density at radius 3 is 2.88 bits per heavy atom. The van der Waals surface area contributed by atoms with Gasteiger partial charge in [-0.05, 0) is 19.6 Å². The predicted molar refractivity (Wildman–Crippen MR) is 98.0 cm³/mol. The van der Waals surface area contributed by atoms with Crippen LogP contribution in [0.5, 0.6) is 0 Å². The maximum atomic E-state index is 12.0. The van der Waals surface area contributed by atoms with Crippen molar-refractivity contribution in [2.24, 2.45) is 10.2 Å². The van der Waals surface area contributed by atoms with Crippen LogP contribution in [-0.2, 0) is 4.74 Å². The van der Waals surface area contributed by atoms with E-state index in [1.54, 1.807) is 32.7 Å². The number of aromatic amines is 1. The third-order valence-electron chi connectivity index (χ3n) is 3.13. The smallest absolute Gasteiger partial charge is 0.415 e. The van der Waals surface area contributed by atoms with Gasteiger partial charge in [-0.2, -0.15) is 0 Å². The first-order valence-corrected chi connectivity index (χ1v) is 9.57. The molecular formula is C13H17N9O2S2. The average Bonchev–Trinajstić information content (AvgIpc) is 3.27. The summed E-state index contributed by atoms with van der Waals surface area (Å²) in [4.78, 5) is 16.4. The molecule has 0 saturated heterocycles. The molecule has 3 rings (SSSR count). The molecule has 3 aromatic rings. The van der Waals surface area contributed by atoms with Crippen LogP contribution in [0.2, 0.25) is 0 Å². The number of hydrogen-bond acceptors (Lipinski definition) is 10. The number of anilines is 1. The van der Waals surface area contributed by atoms with Crippen molar-refractivity contribution in [2.75, 3.05) is 24.3 Å². The summed E-state index contributed by atoms with van der Waals surface area (Å²) in [6.45, 7) is 5.82. The van der Waals surface area contributed by atoms with Gasteiger partial charge in [-0.25, -0.2) is 4.79 Å². The van der Waals surface area contributed by atoms with E-state index < -0.39 is 6.09 Å². The first-order valence-electron chi connectivity index (χ1n) is 7.77. The fourth-order valence-corrected chi connectivity index (χ4v) is 3.61. The highest BCUT2D eigenvalue weighted by atomic mass is 32.2. The lowest BCUT2D eigenvalue weighted by Gasteiger charge is -2.13. The number of aromatic nitrogens is 6. The van der Waals surface area contributed by atoms with Gasteiger partial charge in [0, 0.05) is 7.05 Å². The zero-order chi connectivity index (χ0) is 18.7. The van der Waals surface area contributed by atoms with E-state index in [0.29, 0.717) is 22.3 Å². The minimum Gasteiger partial charge on any atom is -0.449 e. The van der Waals surface area contributed by atoms with Crippen LogP contribution in [0.25, 0.3) is 5.65 Å². The van der Waals surface area contributed by atoms with Crippen molar-refractivity contribution < 1.29 is 9.53 Å². The quantitative estimate of drug-likeness (QED) is 0.501. The second-order valence-corrected chi connectivity index (χ2v) is 7.43. The molecule has 3 aromatic heterocycles. The summed E-state index contributed by atoms with van der Waals surface area (Å²) < 4.78 is 7.20.